The van der Waals surface area contributed by atoms with Crippen LogP contribution in [0, 0.1) is 0 Å². The van der Waals surface area contributed by atoms with E-state index in [1.165, 1.54) is 0 Å². The third-order valence-electron chi connectivity index (χ3n) is 1.57. The van der Waals surface area contributed by atoms with Gasteiger partial charge in [-0.2, -0.15) is 8.42 Å². The number of aliphatic carboxylic acids is 1. The average molecular weight is 226 g/mol. The first-order chi connectivity index (χ1) is 6.02. The molecular weight excluding hydrogens is 210 g/mol. The van der Waals surface area contributed by atoms with E-state index in [0.717, 1.165) is 0 Å². The zero-order valence-corrected chi connectivity index (χ0v) is 9.28. The van der Waals surface area contributed by atoms with Crippen molar-refractivity contribution in [3.05, 3.63) is 0 Å². The molecule has 1 unspecified atom stereocenters. The summed E-state index contributed by atoms with van der Waals surface area (Å²) < 4.78 is 30.7. The van der Waals surface area contributed by atoms with E-state index in [4.69, 9.17) is 9.66 Å². The molecule has 0 amide bonds. The molecule has 6 nitrogen and oxygen atoms in total. The summed E-state index contributed by atoms with van der Waals surface area (Å²) in [6.07, 6.45) is -0.575. The van der Waals surface area contributed by atoms with Gasteiger partial charge in [-0.05, 0) is 0 Å². The Bertz CT molecular complexity index is 303. The van der Waals surface area contributed by atoms with Crippen LogP contribution in [0.2, 0.25) is 0 Å². The fourth-order valence-corrected chi connectivity index (χ4v) is 2.06. The highest BCUT2D eigenvalue weighted by molar-refractivity contribution is 7.86. The third kappa shape index (κ3) is 5.90. The van der Waals surface area contributed by atoms with Gasteiger partial charge in [0.15, 0.2) is 0 Å². The van der Waals surface area contributed by atoms with E-state index in [2.05, 4.69) is 0 Å². The Kier molecular flexibility index (Phi) is 4.04. The Morgan fingerprint density at radius 1 is 1.36 bits per heavy atom. The summed E-state index contributed by atoms with van der Waals surface area (Å²) in [6, 6.07) is 0. The summed E-state index contributed by atoms with van der Waals surface area (Å²) in [5.74, 6) is -1.24. The fourth-order valence-electron chi connectivity index (χ4n) is 1.07. The quantitative estimate of drug-likeness (QED) is 0.483. The van der Waals surface area contributed by atoms with Crippen molar-refractivity contribution in [3.63, 3.8) is 0 Å². The van der Waals surface area contributed by atoms with Gasteiger partial charge in [-0.1, -0.05) is 0 Å². The van der Waals surface area contributed by atoms with Crippen LogP contribution in [0.3, 0.4) is 0 Å². The van der Waals surface area contributed by atoms with Gasteiger partial charge in [0, 0.05) is 0 Å². The molecule has 7 heteroatoms. The van der Waals surface area contributed by atoms with E-state index in [-0.39, 0.29) is 11.0 Å². The maximum absolute atomic E-state index is 10.8. The maximum atomic E-state index is 10.8. The van der Waals surface area contributed by atoms with Crippen molar-refractivity contribution in [2.75, 3.05) is 27.7 Å². The van der Waals surface area contributed by atoms with E-state index < -0.39 is 27.8 Å². The molecule has 0 saturated heterocycles. The molecule has 0 radical (unpaired) electrons. The lowest BCUT2D eigenvalue weighted by Crippen LogP contribution is -2.45. The van der Waals surface area contributed by atoms with Crippen LogP contribution in [0.25, 0.3) is 0 Å². The summed E-state index contributed by atoms with van der Waals surface area (Å²) in [5.41, 5.74) is 0. The molecule has 0 aliphatic heterocycles. The lowest BCUT2D eigenvalue weighted by Gasteiger charge is -2.27. The zero-order valence-electron chi connectivity index (χ0n) is 8.47. The van der Waals surface area contributed by atoms with Crippen LogP contribution in [0.15, 0.2) is 0 Å². The van der Waals surface area contributed by atoms with Crippen LogP contribution in [-0.2, 0) is 14.9 Å². The Labute approximate surface area is 83.5 Å². The predicted molar refractivity (Wildman–Crippen MR) is 50.5 cm³/mol. The van der Waals surface area contributed by atoms with Crippen LogP contribution in [0.1, 0.15) is 6.42 Å². The number of rotatable bonds is 5. The Morgan fingerprint density at radius 2 is 1.79 bits per heavy atom. The van der Waals surface area contributed by atoms with Crippen molar-refractivity contribution < 1.29 is 27.4 Å². The number of carbonyl (C=O) groups is 1. The molecule has 84 valence electrons. The van der Waals surface area contributed by atoms with Gasteiger partial charge < -0.3 is 9.59 Å². The number of carboxylic acids is 1. The van der Waals surface area contributed by atoms with Gasteiger partial charge in [0.2, 0.25) is 0 Å². The second-order valence-electron chi connectivity index (χ2n) is 4.21. The minimum Gasteiger partial charge on any atom is -0.481 e. The number of hydrogen-bond acceptors (Lipinski definition) is 3. The van der Waals surface area contributed by atoms with E-state index in [0.29, 0.717) is 0 Å². The van der Waals surface area contributed by atoms with Crippen LogP contribution in [-0.4, -0.2) is 61.5 Å². The average Bonchev–Trinajstić information content (AvgIpc) is 1.78. The van der Waals surface area contributed by atoms with Crippen molar-refractivity contribution in [2.24, 2.45) is 0 Å². The van der Waals surface area contributed by atoms with E-state index in [9.17, 15) is 13.2 Å². The normalized spacial score (nSPS) is 15.1. The third-order valence-corrected chi connectivity index (χ3v) is 2.73. The van der Waals surface area contributed by atoms with Gasteiger partial charge in [0.1, 0.15) is 5.25 Å². The Morgan fingerprint density at radius 3 is 2.00 bits per heavy atom. The zero-order chi connectivity index (χ0) is 11.6. The number of quaternary nitrogens is 1. The molecular formula is C7H16NO5S+. The molecule has 0 aromatic rings. The van der Waals surface area contributed by atoms with E-state index >= 15 is 0 Å². The standard InChI is InChI=1S/C7H15NO5S/c1-8(2,3)5-6(4-7(9)10)14(11,12)13/h6H,4-5H2,1-3H3,(H-,9,10,11,12,13)/p+1. The predicted octanol–water partition coefficient (Wildman–Crippen LogP) is -0.576. The highest BCUT2D eigenvalue weighted by Crippen LogP contribution is 2.08. The second kappa shape index (κ2) is 4.24. The first-order valence-electron chi connectivity index (χ1n) is 4.01. The van der Waals surface area contributed by atoms with Gasteiger partial charge in [-0.3, -0.25) is 9.35 Å². The largest absolute Gasteiger partial charge is 0.481 e. The molecule has 0 fully saturated rings. The number of hydrogen-bond donors (Lipinski definition) is 2. The van der Waals surface area contributed by atoms with Crippen LogP contribution in [0.4, 0.5) is 0 Å². The summed E-state index contributed by atoms with van der Waals surface area (Å²) in [5, 5.41) is 7.21. The van der Waals surface area contributed by atoms with E-state index in [1.807, 2.05) is 0 Å². The van der Waals surface area contributed by atoms with Gasteiger partial charge in [0.05, 0.1) is 34.1 Å². The molecule has 14 heavy (non-hydrogen) atoms. The molecule has 0 saturated carbocycles. The van der Waals surface area contributed by atoms with Crippen LogP contribution in [0.5, 0.6) is 0 Å². The monoisotopic (exact) mass is 226 g/mol. The van der Waals surface area contributed by atoms with Gasteiger partial charge in [-0.15, -0.1) is 0 Å². The van der Waals surface area contributed by atoms with Crippen LogP contribution >= 0.6 is 0 Å². The molecule has 0 aliphatic rings. The fraction of sp³-hybridized carbons (Fsp3) is 0.857. The van der Waals surface area contributed by atoms with Crippen molar-refractivity contribution in [3.8, 4) is 0 Å². The minimum absolute atomic E-state index is 0.0606. The molecule has 0 rings (SSSR count). The van der Waals surface area contributed by atoms with E-state index in [1.54, 1.807) is 21.1 Å². The summed E-state index contributed by atoms with van der Waals surface area (Å²) >= 11 is 0. The summed E-state index contributed by atoms with van der Waals surface area (Å²) in [4.78, 5) is 10.4. The minimum atomic E-state index is -4.29. The lowest BCUT2D eigenvalue weighted by molar-refractivity contribution is -0.869. The van der Waals surface area contributed by atoms with Gasteiger partial charge in [0.25, 0.3) is 10.1 Å². The van der Waals surface area contributed by atoms with Crippen LogP contribution < -0.4 is 0 Å². The molecule has 2 N–H and O–H groups in total. The maximum Gasteiger partial charge on any atom is 0.304 e. The van der Waals surface area contributed by atoms with Crippen molar-refractivity contribution in [2.45, 2.75) is 11.7 Å². The van der Waals surface area contributed by atoms with Gasteiger partial charge >= 0.3 is 5.97 Å². The second-order valence-corrected chi connectivity index (χ2v) is 5.90. The van der Waals surface area contributed by atoms with Crippen molar-refractivity contribution >= 4 is 16.1 Å². The van der Waals surface area contributed by atoms with Crippen molar-refractivity contribution in [1.82, 2.24) is 0 Å². The molecule has 0 aromatic carbocycles. The Hall–Kier alpha value is -0.660. The smallest absolute Gasteiger partial charge is 0.304 e. The first-order valence-corrected chi connectivity index (χ1v) is 5.51. The molecule has 0 aliphatic carbocycles. The molecule has 0 bridgehead atoms. The topological polar surface area (TPSA) is 91.7 Å². The van der Waals surface area contributed by atoms with Crippen molar-refractivity contribution in [1.29, 1.82) is 0 Å². The summed E-state index contributed by atoms with van der Waals surface area (Å²) in [7, 11) is 0.877. The summed E-state index contributed by atoms with van der Waals surface area (Å²) in [6.45, 7) is 0.0606. The highest BCUT2D eigenvalue weighted by atomic mass is 32.2. The SMILES string of the molecule is C[N+](C)(C)CC(CC(=O)O)S(=O)(=O)O. The molecule has 1 atom stereocenters. The first kappa shape index (κ1) is 13.3. The van der Waals surface area contributed by atoms with Gasteiger partial charge in [-0.25, -0.2) is 0 Å². The Balaban J connectivity index is 4.68. The lowest BCUT2D eigenvalue weighted by atomic mass is 10.3. The highest BCUT2D eigenvalue weighted by Gasteiger charge is 2.31. The number of nitrogens with zero attached hydrogens (tertiary/aromatic N) is 1. The number of carboxylic acid groups (broad SMARTS) is 1. The molecule has 0 spiro atoms. The molecule has 0 aromatic heterocycles. The molecule has 0 heterocycles.